The molecule has 0 aromatic heterocycles. The van der Waals surface area contributed by atoms with Gasteiger partial charge in [0.1, 0.15) is 0 Å². The number of nitrogens with one attached hydrogen (secondary N) is 3. The van der Waals surface area contributed by atoms with Gasteiger partial charge in [-0.1, -0.05) is 35.9 Å². The van der Waals surface area contributed by atoms with Crippen LogP contribution in [0.3, 0.4) is 0 Å². The smallest absolute Gasteiger partial charge is 0.232 e. The van der Waals surface area contributed by atoms with Crippen molar-refractivity contribution in [2.24, 2.45) is 5.92 Å². The molecule has 8 heteroatoms. The number of carbonyl (C=O) groups is 2. The van der Waals surface area contributed by atoms with E-state index in [0.717, 1.165) is 25.7 Å². The van der Waals surface area contributed by atoms with E-state index in [2.05, 4.69) is 16.7 Å². The predicted octanol–water partition coefficient (Wildman–Crippen LogP) is 4.17. The van der Waals surface area contributed by atoms with Crippen molar-refractivity contribution >= 4 is 35.1 Å². The lowest BCUT2D eigenvalue weighted by Gasteiger charge is -2.45. The molecular weight excluding hydrogens is 428 g/mol. The SMILES string of the molecule is C[C@@H]1C[C@H](N2C(=N)N[C@](C)(c3cccc(NC(=O)C4CC=CCC4)c3Cl)CC2=O)CCO1. The van der Waals surface area contributed by atoms with Crippen LogP contribution in [0, 0.1) is 11.3 Å². The Hall–Kier alpha value is -2.38. The van der Waals surface area contributed by atoms with E-state index < -0.39 is 5.54 Å². The molecule has 2 saturated heterocycles. The Morgan fingerprint density at radius 2 is 2.16 bits per heavy atom. The molecule has 7 nitrogen and oxygen atoms in total. The van der Waals surface area contributed by atoms with Gasteiger partial charge in [-0.05, 0) is 57.6 Å². The van der Waals surface area contributed by atoms with Crippen LogP contribution in [0.4, 0.5) is 5.69 Å². The van der Waals surface area contributed by atoms with Crippen molar-refractivity contribution in [1.29, 1.82) is 5.41 Å². The second-order valence-corrected chi connectivity index (χ2v) is 9.62. The van der Waals surface area contributed by atoms with Gasteiger partial charge in [0.2, 0.25) is 11.8 Å². The van der Waals surface area contributed by atoms with Gasteiger partial charge in [-0.15, -0.1) is 0 Å². The minimum atomic E-state index is -0.840. The van der Waals surface area contributed by atoms with Gasteiger partial charge in [0.25, 0.3) is 0 Å². The summed E-state index contributed by atoms with van der Waals surface area (Å²) in [5.41, 5.74) is 0.386. The summed E-state index contributed by atoms with van der Waals surface area (Å²) in [4.78, 5) is 27.4. The Kier molecular flexibility index (Phi) is 6.58. The highest BCUT2D eigenvalue weighted by Gasteiger charge is 2.43. The molecule has 2 heterocycles. The number of hydrogen-bond acceptors (Lipinski definition) is 4. The highest BCUT2D eigenvalue weighted by Crippen LogP contribution is 2.38. The molecule has 3 aliphatic rings. The summed E-state index contributed by atoms with van der Waals surface area (Å²) in [7, 11) is 0. The molecule has 1 aromatic rings. The zero-order chi connectivity index (χ0) is 22.9. The van der Waals surface area contributed by atoms with Gasteiger partial charge in [0.15, 0.2) is 5.96 Å². The molecule has 2 aliphatic heterocycles. The third kappa shape index (κ3) is 4.55. The summed E-state index contributed by atoms with van der Waals surface area (Å²) in [6.07, 6.45) is 8.27. The number of amides is 2. The standard InChI is InChI=1S/C24H31ClN4O3/c1-15-13-17(11-12-32-15)29-20(30)14-24(2,28-23(29)26)18-9-6-10-19(21(18)25)27-22(31)16-7-4-3-5-8-16/h3-4,6,9-10,15-17H,5,7-8,11-14H2,1-2H3,(H2,26,28)(H,27,31)/t15-,16?,17-,24+/m1/s1. The van der Waals surface area contributed by atoms with Crippen LogP contribution in [0.5, 0.6) is 0 Å². The third-order valence-electron chi connectivity index (χ3n) is 6.72. The second-order valence-electron chi connectivity index (χ2n) is 9.24. The van der Waals surface area contributed by atoms with E-state index in [-0.39, 0.29) is 42.3 Å². The molecule has 1 aromatic carbocycles. The first-order valence-corrected chi connectivity index (χ1v) is 11.7. The molecule has 4 rings (SSSR count). The van der Waals surface area contributed by atoms with E-state index in [1.807, 2.05) is 32.1 Å². The largest absolute Gasteiger partial charge is 0.378 e. The maximum Gasteiger partial charge on any atom is 0.232 e. The molecule has 2 amide bonds. The Bertz CT molecular complexity index is 929. The van der Waals surface area contributed by atoms with Gasteiger partial charge in [0.05, 0.1) is 28.8 Å². The lowest BCUT2D eigenvalue weighted by Crippen LogP contribution is -2.63. The van der Waals surface area contributed by atoms with Crippen molar-refractivity contribution in [3.05, 3.63) is 40.9 Å². The van der Waals surface area contributed by atoms with Crippen molar-refractivity contribution in [1.82, 2.24) is 10.2 Å². The fourth-order valence-electron chi connectivity index (χ4n) is 4.96. The number of allylic oxidation sites excluding steroid dienone is 2. The average molecular weight is 459 g/mol. The predicted molar refractivity (Wildman–Crippen MR) is 125 cm³/mol. The minimum Gasteiger partial charge on any atom is -0.378 e. The number of benzene rings is 1. The second kappa shape index (κ2) is 9.24. The molecule has 1 unspecified atom stereocenters. The van der Waals surface area contributed by atoms with Gasteiger partial charge in [-0.3, -0.25) is 19.9 Å². The average Bonchev–Trinajstić information content (AvgIpc) is 2.75. The number of anilines is 1. The van der Waals surface area contributed by atoms with Crippen LogP contribution in [0.15, 0.2) is 30.4 Å². The molecule has 4 atom stereocenters. The molecule has 0 spiro atoms. The lowest BCUT2D eigenvalue weighted by molar-refractivity contribution is -0.134. The lowest BCUT2D eigenvalue weighted by atomic mass is 9.85. The Labute approximate surface area is 194 Å². The zero-order valence-corrected chi connectivity index (χ0v) is 19.4. The van der Waals surface area contributed by atoms with Gasteiger partial charge in [-0.2, -0.15) is 0 Å². The van der Waals surface area contributed by atoms with Crippen molar-refractivity contribution in [2.75, 3.05) is 11.9 Å². The van der Waals surface area contributed by atoms with Gasteiger partial charge in [-0.25, -0.2) is 0 Å². The number of nitrogens with zero attached hydrogens (tertiary/aromatic N) is 1. The van der Waals surface area contributed by atoms with Crippen LogP contribution < -0.4 is 10.6 Å². The Balaban J connectivity index is 1.52. The topological polar surface area (TPSA) is 94.5 Å². The fourth-order valence-corrected chi connectivity index (χ4v) is 5.34. The van der Waals surface area contributed by atoms with Crippen molar-refractivity contribution in [3.63, 3.8) is 0 Å². The summed E-state index contributed by atoms with van der Waals surface area (Å²) < 4.78 is 5.60. The Morgan fingerprint density at radius 1 is 1.34 bits per heavy atom. The van der Waals surface area contributed by atoms with Gasteiger partial charge >= 0.3 is 0 Å². The number of guanidine groups is 1. The summed E-state index contributed by atoms with van der Waals surface area (Å²) in [5, 5.41) is 15.2. The van der Waals surface area contributed by atoms with E-state index in [4.69, 9.17) is 21.7 Å². The van der Waals surface area contributed by atoms with Crippen LogP contribution in [-0.2, 0) is 19.9 Å². The number of hydrogen-bond donors (Lipinski definition) is 3. The minimum absolute atomic E-state index is 0.0403. The van der Waals surface area contributed by atoms with Crippen LogP contribution in [0.2, 0.25) is 5.02 Å². The molecule has 2 fully saturated rings. The van der Waals surface area contributed by atoms with Crippen LogP contribution in [0.25, 0.3) is 0 Å². The molecule has 172 valence electrons. The molecule has 0 radical (unpaired) electrons. The summed E-state index contributed by atoms with van der Waals surface area (Å²) in [6.45, 7) is 4.46. The third-order valence-corrected chi connectivity index (χ3v) is 7.13. The number of carbonyl (C=O) groups excluding carboxylic acids is 2. The van der Waals surface area contributed by atoms with Crippen molar-refractivity contribution in [2.45, 2.75) is 70.1 Å². The quantitative estimate of drug-likeness (QED) is 0.590. The summed E-state index contributed by atoms with van der Waals surface area (Å²) >= 11 is 6.73. The first-order valence-electron chi connectivity index (χ1n) is 11.3. The van der Waals surface area contributed by atoms with Crippen molar-refractivity contribution in [3.8, 4) is 0 Å². The van der Waals surface area contributed by atoms with E-state index in [1.54, 1.807) is 11.0 Å². The van der Waals surface area contributed by atoms with Crippen LogP contribution >= 0.6 is 11.6 Å². The first-order chi connectivity index (χ1) is 15.3. The van der Waals surface area contributed by atoms with Gasteiger partial charge in [0, 0.05) is 18.6 Å². The molecule has 0 bridgehead atoms. The molecular formula is C24H31ClN4O3. The molecule has 3 N–H and O–H groups in total. The zero-order valence-electron chi connectivity index (χ0n) is 18.6. The number of rotatable bonds is 4. The van der Waals surface area contributed by atoms with Crippen LogP contribution in [0.1, 0.15) is 57.9 Å². The summed E-state index contributed by atoms with van der Waals surface area (Å²) in [6, 6.07) is 5.41. The normalized spacial score (nSPS) is 30.7. The highest BCUT2D eigenvalue weighted by atomic mass is 35.5. The highest BCUT2D eigenvalue weighted by molar-refractivity contribution is 6.34. The Morgan fingerprint density at radius 3 is 2.84 bits per heavy atom. The monoisotopic (exact) mass is 458 g/mol. The van der Waals surface area contributed by atoms with Crippen LogP contribution in [-0.4, -0.2) is 41.4 Å². The van der Waals surface area contributed by atoms with Crippen molar-refractivity contribution < 1.29 is 14.3 Å². The molecule has 32 heavy (non-hydrogen) atoms. The first kappa shape index (κ1) is 22.8. The molecule has 0 saturated carbocycles. The van der Waals surface area contributed by atoms with Gasteiger partial charge < -0.3 is 15.4 Å². The maximum atomic E-state index is 13.2. The van der Waals surface area contributed by atoms with E-state index in [1.165, 1.54) is 0 Å². The number of ether oxygens (including phenoxy) is 1. The van der Waals surface area contributed by atoms with E-state index in [9.17, 15) is 9.59 Å². The number of halogens is 1. The molecule has 1 aliphatic carbocycles. The summed E-state index contributed by atoms with van der Waals surface area (Å²) in [5.74, 6) is -0.121. The van der Waals surface area contributed by atoms with E-state index in [0.29, 0.717) is 29.3 Å². The maximum absolute atomic E-state index is 13.2. The van der Waals surface area contributed by atoms with E-state index >= 15 is 0 Å². The fraction of sp³-hybridized carbons (Fsp3) is 0.542.